The van der Waals surface area contributed by atoms with Crippen molar-refractivity contribution in [3.05, 3.63) is 95.1 Å². The molecule has 0 heterocycles. The Labute approximate surface area is 188 Å². The lowest BCUT2D eigenvalue weighted by atomic mass is 10.1. The van der Waals surface area contributed by atoms with E-state index in [-0.39, 0.29) is 18.0 Å². The first kappa shape index (κ1) is 23.0. The standard InChI is InChI=1S/C26H27NO5/c1-4-31-18(2)20-9-13-23(14-10-20)27-25(28)21-11-15-24(16-12-21)32-17-19-5-7-22(8-6-19)26(29)30-3/h5-16,18H,4,17H2,1-3H3,(H,27,28). The molecule has 0 spiro atoms. The number of amides is 1. The molecule has 32 heavy (non-hydrogen) atoms. The third kappa shape index (κ3) is 6.18. The van der Waals surface area contributed by atoms with E-state index in [0.717, 1.165) is 16.8 Å². The quantitative estimate of drug-likeness (QED) is 0.457. The molecule has 0 saturated heterocycles. The first-order valence-electron chi connectivity index (χ1n) is 10.4. The zero-order chi connectivity index (χ0) is 22.9. The highest BCUT2D eigenvalue weighted by atomic mass is 16.5. The molecule has 3 rings (SSSR count). The minimum Gasteiger partial charge on any atom is -0.489 e. The summed E-state index contributed by atoms with van der Waals surface area (Å²) < 4.78 is 16.0. The summed E-state index contributed by atoms with van der Waals surface area (Å²) in [4.78, 5) is 24.0. The van der Waals surface area contributed by atoms with Gasteiger partial charge in [-0.25, -0.2) is 4.79 Å². The van der Waals surface area contributed by atoms with Crippen molar-refractivity contribution in [3.8, 4) is 5.75 Å². The van der Waals surface area contributed by atoms with Crippen LogP contribution < -0.4 is 10.1 Å². The first-order valence-corrected chi connectivity index (χ1v) is 10.4. The second kappa shape index (κ2) is 11.1. The fourth-order valence-electron chi connectivity index (χ4n) is 3.11. The molecule has 3 aromatic rings. The molecular weight excluding hydrogens is 406 g/mol. The largest absolute Gasteiger partial charge is 0.489 e. The Morgan fingerprint density at radius 1 is 0.875 bits per heavy atom. The maximum absolute atomic E-state index is 12.5. The van der Waals surface area contributed by atoms with Gasteiger partial charge in [-0.15, -0.1) is 0 Å². The zero-order valence-electron chi connectivity index (χ0n) is 18.5. The molecule has 0 fully saturated rings. The molecule has 0 aromatic heterocycles. The average Bonchev–Trinajstić information content (AvgIpc) is 2.83. The van der Waals surface area contributed by atoms with Gasteiger partial charge >= 0.3 is 5.97 Å². The summed E-state index contributed by atoms with van der Waals surface area (Å²) in [6.07, 6.45) is 0.0167. The van der Waals surface area contributed by atoms with E-state index >= 15 is 0 Å². The molecule has 0 aliphatic carbocycles. The molecule has 0 bridgehead atoms. The Morgan fingerprint density at radius 3 is 2.09 bits per heavy atom. The van der Waals surface area contributed by atoms with Crippen LogP contribution in [0.15, 0.2) is 72.8 Å². The Balaban J connectivity index is 1.53. The number of esters is 1. The summed E-state index contributed by atoms with van der Waals surface area (Å²) in [6.45, 7) is 4.96. The van der Waals surface area contributed by atoms with Gasteiger partial charge in [-0.3, -0.25) is 4.79 Å². The van der Waals surface area contributed by atoms with Gasteiger partial charge in [0.15, 0.2) is 0 Å². The summed E-state index contributed by atoms with van der Waals surface area (Å²) in [6, 6.07) is 21.6. The summed E-state index contributed by atoms with van der Waals surface area (Å²) in [5.74, 6) is 0.0794. The third-order valence-electron chi connectivity index (χ3n) is 4.95. The second-order valence-corrected chi connectivity index (χ2v) is 7.18. The van der Waals surface area contributed by atoms with Crippen LogP contribution in [0.3, 0.4) is 0 Å². The van der Waals surface area contributed by atoms with Gasteiger partial charge in [0.2, 0.25) is 0 Å². The van der Waals surface area contributed by atoms with Gasteiger partial charge in [0, 0.05) is 17.9 Å². The number of hydrogen-bond donors (Lipinski definition) is 1. The van der Waals surface area contributed by atoms with E-state index in [2.05, 4.69) is 10.1 Å². The van der Waals surface area contributed by atoms with Crippen molar-refractivity contribution in [3.63, 3.8) is 0 Å². The minimum atomic E-state index is -0.373. The number of methoxy groups -OCH3 is 1. The van der Waals surface area contributed by atoms with E-state index in [4.69, 9.17) is 9.47 Å². The maximum atomic E-state index is 12.5. The van der Waals surface area contributed by atoms with E-state index < -0.39 is 0 Å². The van der Waals surface area contributed by atoms with Crippen molar-refractivity contribution in [2.24, 2.45) is 0 Å². The molecule has 3 aromatic carbocycles. The average molecular weight is 434 g/mol. The normalized spacial score (nSPS) is 11.5. The molecule has 166 valence electrons. The fourth-order valence-corrected chi connectivity index (χ4v) is 3.11. The molecule has 0 aliphatic heterocycles. The fraction of sp³-hybridized carbons (Fsp3) is 0.231. The molecule has 1 N–H and O–H groups in total. The van der Waals surface area contributed by atoms with Crippen LogP contribution in [0.25, 0.3) is 0 Å². The molecule has 0 aliphatic rings. The molecule has 0 radical (unpaired) electrons. The molecular formula is C26H27NO5. The molecule has 0 saturated carbocycles. The van der Waals surface area contributed by atoms with Crippen LogP contribution in [0.4, 0.5) is 5.69 Å². The Morgan fingerprint density at radius 2 is 1.50 bits per heavy atom. The zero-order valence-corrected chi connectivity index (χ0v) is 18.5. The van der Waals surface area contributed by atoms with Gasteiger partial charge in [-0.1, -0.05) is 24.3 Å². The molecule has 1 atom stereocenters. The predicted octanol–water partition coefficient (Wildman–Crippen LogP) is 5.40. The topological polar surface area (TPSA) is 73.9 Å². The van der Waals surface area contributed by atoms with Crippen LogP contribution >= 0.6 is 0 Å². The van der Waals surface area contributed by atoms with E-state index in [1.807, 2.05) is 50.2 Å². The van der Waals surface area contributed by atoms with Gasteiger partial charge in [-0.05, 0) is 73.5 Å². The van der Waals surface area contributed by atoms with E-state index in [0.29, 0.717) is 30.1 Å². The number of nitrogens with one attached hydrogen (secondary N) is 1. The minimum absolute atomic E-state index is 0.0167. The Bertz CT molecular complexity index is 1030. The van der Waals surface area contributed by atoms with Crippen LogP contribution in [0.2, 0.25) is 0 Å². The van der Waals surface area contributed by atoms with Gasteiger partial charge in [-0.2, -0.15) is 0 Å². The number of ether oxygens (including phenoxy) is 3. The smallest absolute Gasteiger partial charge is 0.337 e. The van der Waals surface area contributed by atoms with E-state index in [1.165, 1.54) is 7.11 Å². The number of rotatable bonds is 9. The molecule has 1 unspecified atom stereocenters. The van der Waals surface area contributed by atoms with E-state index in [1.54, 1.807) is 36.4 Å². The lowest BCUT2D eigenvalue weighted by molar-refractivity contribution is 0.0600. The van der Waals surface area contributed by atoms with Crippen LogP contribution in [0, 0.1) is 0 Å². The molecule has 6 heteroatoms. The number of carbonyl (C=O) groups is 2. The van der Waals surface area contributed by atoms with Gasteiger partial charge in [0.05, 0.1) is 18.8 Å². The Kier molecular flexibility index (Phi) is 8.00. The highest BCUT2D eigenvalue weighted by Crippen LogP contribution is 2.20. The van der Waals surface area contributed by atoms with E-state index in [9.17, 15) is 9.59 Å². The first-order chi connectivity index (χ1) is 15.5. The van der Waals surface area contributed by atoms with Crippen molar-refractivity contribution >= 4 is 17.6 Å². The summed E-state index contributed by atoms with van der Waals surface area (Å²) in [5.41, 5.74) is 3.72. The summed E-state index contributed by atoms with van der Waals surface area (Å²) in [7, 11) is 1.35. The van der Waals surface area contributed by atoms with Crippen LogP contribution in [0.1, 0.15) is 51.8 Å². The van der Waals surface area contributed by atoms with Gasteiger partial charge < -0.3 is 19.5 Å². The van der Waals surface area contributed by atoms with Crippen LogP contribution in [0.5, 0.6) is 5.75 Å². The van der Waals surface area contributed by atoms with Gasteiger partial charge in [0.25, 0.3) is 5.91 Å². The Hall–Kier alpha value is -3.64. The SMILES string of the molecule is CCOC(C)c1ccc(NC(=O)c2ccc(OCc3ccc(C(=O)OC)cc3)cc2)cc1. The summed E-state index contributed by atoms with van der Waals surface area (Å²) in [5, 5.41) is 2.89. The lowest BCUT2D eigenvalue weighted by Gasteiger charge is -2.13. The number of anilines is 1. The van der Waals surface area contributed by atoms with Crippen molar-refractivity contribution in [1.29, 1.82) is 0 Å². The number of hydrogen-bond acceptors (Lipinski definition) is 5. The predicted molar refractivity (Wildman–Crippen MR) is 123 cm³/mol. The van der Waals surface area contributed by atoms with Gasteiger partial charge in [0.1, 0.15) is 12.4 Å². The number of carbonyl (C=O) groups excluding carboxylic acids is 2. The molecule has 6 nitrogen and oxygen atoms in total. The molecule has 1 amide bonds. The van der Waals surface area contributed by atoms with Crippen LogP contribution in [-0.2, 0) is 16.1 Å². The summed E-state index contributed by atoms with van der Waals surface area (Å²) >= 11 is 0. The monoisotopic (exact) mass is 433 g/mol. The second-order valence-electron chi connectivity index (χ2n) is 7.18. The van der Waals surface area contributed by atoms with Crippen LogP contribution in [-0.4, -0.2) is 25.6 Å². The van der Waals surface area contributed by atoms with Crippen molar-refractivity contribution in [2.45, 2.75) is 26.6 Å². The third-order valence-corrected chi connectivity index (χ3v) is 4.95. The van der Waals surface area contributed by atoms with Crippen molar-refractivity contribution in [2.75, 3.05) is 19.0 Å². The van der Waals surface area contributed by atoms with Crippen molar-refractivity contribution in [1.82, 2.24) is 0 Å². The lowest BCUT2D eigenvalue weighted by Crippen LogP contribution is -2.12. The maximum Gasteiger partial charge on any atom is 0.337 e. The highest BCUT2D eigenvalue weighted by Gasteiger charge is 2.09. The highest BCUT2D eigenvalue weighted by molar-refractivity contribution is 6.04. The number of benzene rings is 3. The van der Waals surface area contributed by atoms with Crippen molar-refractivity contribution < 1.29 is 23.8 Å².